The summed E-state index contributed by atoms with van der Waals surface area (Å²) in [5.74, 6) is -3.78. The molecule has 384 valence electrons. The molecule has 0 bridgehead atoms. The molecule has 0 saturated carbocycles. The largest absolute Gasteiger partial charge is 0.480 e. The van der Waals surface area contributed by atoms with Gasteiger partial charge in [-0.25, -0.2) is 4.79 Å². The molecule has 1 fully saturated rings. The molecule has 4 N–H and O–H groups in total. The standard InChI is InChI=1S/C40H67N7O11.C7H8.C3H8/c1-9-27(4)37(30(57-7)23-34(51)46-21-13-15-29(46)38(58-8)28(5)39(55)42-25-36(53)54)44(6)35(52)24-43-40(56)45(26(2)3)22-14-19-41-31(48)16-11-10-12-20-47-32(49)17-18-33(47)50;1-7-5-3-2-4-6-7;1-3-2/h17-18,26-30,37-38H,9-16,19-25H2,1-8H3,(H,41,48)(H,42,55)(H,43,56)(H,53,54);2-6H,1H3;3H2,1-2H3. The molecule has 0 aliphatic carbocycles. The first-order valence-electron chi connectivity index (χ1n) is 24.3. The summed E-state index contributed by atoms with van der Waals surface area (Å²) < 4.78 is 11.6. The van der Waals surface area contributed by atoms with Crippen molar-refractivity contribution >= 4 is 47.4 Å². The number of carbonyl (C=O) groups is 8. The first kappa shape index (κ1) is 60.7. The highest BCUT2D eigenvalue weighted by molar-refractivity contribution is 6.12. The van der Waals surface area contributed by atoms with Crippen molar-refractivity contribution in [2.45, 2.75) is 150 Å². The molecule has 1 aromatic rings. The summed E-state index contributed by atoms with van der Waals surface area (Å²) in [6.45, 7) is 16.3. The number of benzene rings is 1. The Kier molecular flexibility index (Phi) is 29.6. The van der Waals surface area contributed by atoms with Crippen LogP contribution in [0.1, 0.15) is 118 Å². The van der Waals surface area contributed by atoms with Crippen molar-refractivity contribution in [1.82, 2.24) is 35.6 Å². The molecule has 6 unspecified atom stereocenters. The molecule has 1 saturated heterocycles. The molecule has 3 rings (SSSR count). The van der Waals surface area contributed by atoms with Crippen molar-refractivity contribution in [1.29, 1.82) is 0 Å². The summed E-state index contributed by atoms with van der Waals surface area (Å²) >= 11 is 0. The normalized spacial score (nSPS) is 16.3. The van der Waals surface area contributed by atoms with E-state index in [0.717, 1.165) is 0 Å². The molecule has 68 heavy (non-hydrogen) atoms. The fourth-order valence-electron chi connectivity index (χ4n) is 8.10. The number of carboxylic acids is 1. The van der Waals surface area contributed by atoms with Crippen LogP contribution in [0.3, 0.4) is 0 Å². The first-order chi connectivity index (χ1) is 32.3. The Morgan fingerprint density at radius 3 is 2.01 bits per heavy atom. The van der Waals surface area contributed by atoms with Gasteiger partial charge in [-0.15, -0.1) is 0 Å². The Labute approximate surface area is 405 Å². The predicted molar refractivity (Wildman–Crippen MR) is 261 cm³/mol. The van der Waals surface area contributed by atoms with Crippen LogP contribution in [0.15, 0.2) is 42.5 Å². The third-order valence-electron chi connectivity index (χ3n) is 12.0. The van der Waals surface area contributed by atoms with E-state index in [1.807, 2.05) is 45.9 Å². The quantitative estimate of drug-likeness (QED) is 0.0720. The van der Waals surface area contributed by atoms with Crippen LogP contribution in [-0.2, 0) is 43.0 Å². The zero-order valence-corrected chi connectivity index (χ0v) is 42.7. The van der Waals surface area contributed by atoms with E-state index in [1.54, 1.807) is 23.8 Å². The van der Waals surface area contributed by atoms with Crippen molar-refractivity contribution in [2.75, 3.05) is 60.5 Å². The Morgan fingerprint density at radius 1 is 0.853 bits per heavy atom. The van der Waals surface area contributed by atoms with E-state index in [1.165, 1.54) is 48.2 Å². The smallest absolute Gasteiger partial charge is 0.322 e. The molecule has 18 nitrogen and oxygen atoms in total. The maximum atomic E-state index is 13.9. The Hall–Kier alpha value is -5.36. The molecule has 1 aromatic carbocycles. The number of rotatable bonds is 26. The Balaban J connectivity index is 0.00000206. The lowest BCUT2D eigenvalue weighted by Crippen LogP contribution is -2.55. The highest BCUT2D eigenvalue weighted by atomic mass is 16.5. The Bertz CT molecular complexity index is 1740. The minimum Gasteiger partial charge on any atom is -0.480 e. The van der Waals surface area contributed by atoms with Crippen LogP contribution in [0.25, 0.3) is 0 Å². The summed E-state index contributed by atoms with van der Waals surface area (Å²) in [6, 6.07) is 8.73. The number of carbonyl (C=O) groups excluding carboxylic acids is 7. The number of urea groups is 1. The number of carboxylic acid groups (broad SMARTS) is 1. The molecule has 8 amide bonds. The number of nitrogens with zero attached hydrogens (tertiary/aromatic N) is 4. The van der Waals surface area contributed by atoms with Gasteiger partial charge in [-0.2, -0.15) is 0 Å². The zero-order valence-electron chi connectivity index (χ0n) is 42.7. The van der Waals surface area contributed by atoms with Gasteiger partial charge in [0, 0.05) is 72.1 Å². The summed E-state index contributed by atoms with van der Waals surface area (Å²) in [4.78, 5) is 106. The number of likely N-dealkylation sites (tertiary alicyclic amines) is 1. The van der Waals surface area contributed by atoms with Gasteiger partial charge in [-0.05, 0) is 58.8 Å². The fourth-order valence-corrected chi connectivity index (χ4v) is 8.10. The Morgan fingerprint density at radius 2 is 1.49 bits per heavy atom. The van der Waals surface area contributed by atoms with Crippen molar-refractivity contribution in [3.8, 4) is 0 Å². The van der Waals surface area contributed by atoms with Crippen molar-refractivity contribution in [3.63, 3.8) is 0 Å². The second kappa shape index (κ2) is 33.2. The average molecular weight is 958 g/mol. The first-order valence-corrected chi connectivity index (χ1v) is 24.3. The molecular formula is C50H83N7O11. The van der Waals surface area contributed by atoms with Crippen molar-refractivity contribution < 1.29 is 52.9 Å². The van der Waals surface area contributed by atoms with Crippen LogP contribution < -0.4 is 16.0 Å². The molecule has 0 spiro atoms. The number of amides is 8. The van der Waals surface area contributed by atoms with Crippen LogP contribution in [0.4, 0.5) is 4.79 Å². The van der Waals surface area contributed by atoms with E-state index in [2.05, 4.69) is 48.9 Å². The number of aryl methyl sites for hydroxylation is 1. The molecule has 0 aromatic heterocycles. The zero-order chi connectivity index (χ0) is 51.3. The SMILES string of the molecule is CCC.CCC(C)C(C(CC(=O)N1CCCC1C(OC)C(C)C(=O)NCC(=O)O)OC)N(C)C(=O)CNC(=O)N(CCCNC(=O)CCCCCN1C(=O)C=CC1=O)C(C)C.Cc1ccccc1. The highest BCUT2D eigenvalue weighted by Crippen LogP contribution is 2.29. The molecule has 2 aliphatic heterocycles. The number of ether oxygens (including phenoxy) is 2. The van der Waals surface area contributed by atoms with Gasteiger partial charge in [-0.3, -0.25) is 38.5 Å². The number of methoxy groups -OCH3 is 2. The minimum atomic E-state index is -1.17. The van der Waals surface area contributed by atoms with Gasteiger partial charge in [0.15, 0.2) is 0 Å². The van der Waals surface area contributed by atoms with Gasteiger partial charge in [0.05, 0.1) is 43.2 Å². The van der Waals surface area contributed by atoms with Gasteiger partial charge in [0.2, 0.25) is 23.6 Å². The van der Waals surface area contributed by atoms with Crippen LogP contribution in [0.5, 0.6) is 0 Å². The van der Waals surface area contributed by atoms with E-state index in [4.69, 9.17) is 14.6 Å². The average Bonchev–Trinajstić information content (AvgIpc) is 3.92. The van der Waals surface area contributed by atoms with Crippen molar-refractivity contribution in [2.24, 2.45) is 11.8 Å². The highest BCUT2D eigenvalue weighted by Gasteiger charge is 2.42. The van der Waals surface area contributed by atoms with Gasteiger partial charge < -0.3 is 45.2 Å². The van der Waals surface area contributed by atoms with Crippen LogP contribution >= 0.6 is 0 Å². The number of aliphatic carboxylic acids is 1. The lowest BCUT2D eigenvalue weighted by atomic mass is 9.90. The van der Waals surface area contributed by atoms with Crippen LogP contribution in [0.2, 0.25) is 0 Å². The minimum absolute atomic E-state index is 0.0410. The van der Waals surface area contributed by atoms with E-state index in [-0.39, 0.29) is 54.5 Å². The summed E-state index contributed by atoms with van der Waals surface area (Å²) in [6.07, 6.45) is 7.07. The van der Waals surface area contributed by atoms with Crippen LogP contribution in [0, 0.1) is 18.8 Å². The second-order valence-electron chi connectivity index (χ2n) is 17.7. The number of nitrogens with one attached hydrogen (secondary N) is 3. The number of hydrogen-bond acceptors (Lipinski definition) is 10. The molecule has 18 heteroatoms. The number of likely N-dealkylation sites (N-methyl/N-ethyl adjacent to an activating group) is 1. The molecule has 2 aliphatic rings. The monoisotopic (exact) mass is 958 g/mol. The van der Waals surface area contributed by atoms with Crippen LogP contribution in [-0.4, -0.2) is 163 Å². The van der Waals surface area contributed by atoms with Crippen molar-refractivity contribution in [3.05, 3.63) is 48.0 Å². The van der Waals surface area contributed by atoms with Gasteiger partial charge in [-0.1, -0.05) is 89.8 Å². The van der Waals surface area contributed by atoms with E-state index in [9.17, 15) is 38.4 Å². The summed E-state index contributed by atoms with van der Waals surface area (Å²) in [5, 5.41) is 17.0. The lowest BCUT2D eigenvalue weighted by Gasteiger charge is -2.39. The predicted octanol–water partition coefficient (Wildman–Crippen LogP) is 4.93. The molecule has 0 radical (unpaired) electrons. The van der Waals surface area contributed by atoms with E-state index < -0.39 is 54.7 Å². The number of imide groups is 1. The second-order valence-corrected chi connectivity index (χ2v) is 17.7. The van der Waals surface area contributed by atoms with Gasteiger partial charge >= 0.3 is 12.0 Å². The lowest BCUT2D eigenvalue weighted by molar-refractivity contribution is -0.146. The van der Waals surface area contributed by atoms with E-state index in [0.29, 0.717) is 77.5 Å². The van der Waals surface area contributed by atoms with Gasteiger partial charge in [0.1, 0.15) is 6.54 Å². The third-order valence-corrected chi connectivity index (χ3v) is 12.0. The number of unbranched alkanes of at least 4 members (excludes halogenated alkanes) is 2. The summed E-state index contributed by atoms with van der Waals surface area (Å²) in [7, 11) is 4.59. The number of hydrogen-bond donors (Lipinski definition) is 4. The topological polar surface area (TPSA) is 224 Å². The summed E-state index contributed by atoms with van der Waals surface area (Å²) in [5.41, 5.74) is 1.32. The van der Waals surface area contributed by atoms with E-state index >= 15 is 0 Å². The fraction of sp³-hybridized carbons (Fsp3) is 0.680. The maximum absolute atomic E-state index is 13.9. The molecule has 6 atom stereocenters. The molecular weight excluding hydrogens is 875 g/mol. The molecule has 2 heterocycles. The van der Waals surface area contributed by atoms with Gasteiger partial charge in [0.25, 0.3) is 11.8 Å². The third kappa shape index (κ3) is 21.3. The maximum Gasteiger partial charge on any atom is 0.322 e.